The van der Waals surface area contributed by atoms with Gasteiger partial charge in [0.15, 0.2) is 0 Å². The van der Waals surface area contributed by atoms with E-state index in [1.165, 1.54) is 89.0 Å². The van der Waals surface area contributed by atoms with Crippen molar-refractivity contribution in [3.63, 3.8) is 0 Å². The van der Waals surface area contributed by atoms with Crippen LogP contribution < -0.4 is 0 Å². The number of benzene rings is 6. The van der Waals surface area contributed by atoms with E-state index in [0.717, 1.165) is 25.7 Å². The summed E-state index contributed by atoms with van der Waals surface area (Å²) in [6, 6.07) is 49.8. The first-order valence-electron chi connectivity index (χ1n) is 17.8. The molecule has 0 unspecified atom stereocenters. The molecular weight excluding hydrogens is 589 g/mol. The van der Waals surface area contributed by atoms with Crippen molar-refractivity contribution in [2.24, 2.45) is 5.41 Å². The summed E-state index contributed by atoms with van der Waals surface area (Å²) >= 11 is 0. The molecule has 0 fully saturated rings. The Morgan fingerprint density at radius 2 is 0.796 bits per heavy atom. The van der Waals surface area contributed by atoms with Gasteiger partial charge in [0, 0.05) is 5.41 Å². The van der Waals surface area contributed by atoms with Crippen LogP contribution in [0.25, 0.3) is 34.4 Å². The van der Waals surface area contributed by atoms with Crippen LogP contribution in [0.1, 0.15) is 55.6 Å². The van der Waals surface area contributed by atoms with Gasteiger partial charge in [0.25, 0.3) is 0 Å². The number of hydrogen-bond acceptors (Lipinski definition) is 0. The Balaban J connectivity index is 1.35. The molecule has 0 spiro atoms. The van der Waals surface area contributed by atoms with Gasteiger partial charge in [-0.1, -0.05) is 157 Å². The fourth-order valence-corrected chi connectivity index (χ4v) is 8.52. The Morgan fingerprint density at radius 1 is 0.408 bits per heavy atom. The maximum atomic E-state index is 2.59. The molecule has 6 aromatic carbocycles. The monoisotopic (exact) mass is 632 g/mol. The smallest absolute Gasteiger partial charge is 0.0214 e. The zero-order valence-electron chi connectivity index (χ0n) is 29.2. The van der Waals surface area contributed by atoms with Gasteiger partial charge in [-0.2, -0.15) is 0 Å². The van der Waals surface area contributed by atoms with Gasteiger partial charge in [-0.3, -0.25) is 0 Å². The molecule has 0 nitrogen and oxygen atoms in total. The van der Waals surface area contributed by atoms with Gasteiger partial charge in [0.2, 0.25) is 0 Å². The minimum absolute atomic E-state index is 0.196. The van der Waals surface area contributed by atoms with Gasteiger partial charge in [-0.05, 0) is 131 Å². The SMILES string of the molecule is Cc1cccc(-c2cccc3c2C=C(C(Cc2ccccc2)(Cc2ccccc2)C2=Cc4c(cccc4-c4cccc(C)c4C)C2)C3)c1C. The van der Waals surface area contributed by atoms with Crippen LogP contribution in [0.4, 0.5) is 0 Å². The van der Waals surface area contributed by atoms with E-state index in [1.807, 2.05) is 0 Å². The lowest BCUT2D eigenvalue weighted by Gasteiger charge is -2.38. The third kappa shape index (κ3) is 5.60. The third-order valence-corrected chi connectivity index (χ3v) is 11.5. The van der Waals surface area contributed by atoms with Crippen LogP contribution in [0.2, 0.25) is 0 Å². The summed E-state index contributed by atoms with van der Waals surface area (Å²) < 4.78 is 0. The minimum Gasteiger partial charge on any atom is -0.0622 e. The number of fused-ring (bicyclic) bond motifs is 2. The highest BCUT2D eigenvalue weighted by molar-refractivity contribution is 5.86. The van der Waals surface area contributed by atoms with E-state index in [2.05, 4.69) is 173 Å². The van der Waals surface area contributed by atoms with Gasteiger partial charge < -0.3 is 0 Å². The van der Waals surface area contributed by atoms with Crippen molar-refractivity contribution >= 4 is 12.2 Å². The Labute approximate surface area is 292 Å². The van der Waals surface area contributed by atoms with Gasteiger partial charge in [-0.25, -0.2) is 0 Å². The second-order valence-corrected chi connectivity index (χ2v) is 14.4. The summed E-state index contributed by atoms with van der Waals surface area (Å²) in [6.45, 7) is 9.00. The number of allylic oxidation sites excluding steroid dienone is 2. The van der Waals surface area contributed by atoms with Gasteiger partial charge in [-0.15, -0.1) is 0 Å². The molecule has 0 heteroatoms. The first kappa shape index (κ1) is 31.1. The predicted octanol–water partition coefficient (Wildman–Crippen LogP) is 12.3. The lowest BCUT2D eigenvalue weighted by Crippen LogP contribution is -2.32. The Morgan fingerprint density at radius 3 is 1.22 bits per heavy atom. The molecule has 6 aromatic rings. The summed E-state index contributed by atoms with van der Waals surface area (Å²) in [7, 11) is 0. The molecule has 0 aromatic heterocycles. The molecular formula is C49H44. The summed E-state index contributed by atoms with van der Waals surface area (Å²) in [5, 5.41) is 0. The van der Waals surface area contributed by atoms with E-state index in [-0.39, 0.29) is 5.41 Å². The second kappa shape index (κ2) is 12.7. The van der Waals surface area contributed by atoms with Crippen molar-refractivity contribution in [3.8, 4) is 22.3 Å². The zero-order chi connectivity index (χ0) is 33.5. The van der Waals surface area contributed by atoms with E-state index in [0.29, 0.717) is 0 Å². The molecule has 0 saturated carbocycles. The number of rotatable bonds is 8. The maximum absolute atomic E-state index is 2.59. The first-order chi connectivity index (χ1) is 23.9. The Hall–Kier alpha value is -5.20. The van der Waals surface area contributed by atoms with Crippen molar-refractivity contribution in [2.75, 3.05) is 0 Å². The quantitative estimate of drug-likeness (QED) is 0.157. The highest BCUT2D eigenvalue weighted by Gasteiger charge is 2.42. The van der Waals surface area contributed by atoms with E-state index in [4.69, 9.17) is 0 Å². The first-order valence-corrected chi connectivity index (χ1v) is 17.8. The maximum Gasteiger partial charge on any atom is 0.0214 e. The van der Waals surface area contributed by atoms with Crippen molar-refractivity contribution in [1.29, 1.82) is 0 Å². The largest absolute Gasteiger partial charge is 0.0622 e. The molecule has 0 atom stereocenters. The second-order valence-electron chi connectivity index (χ2n) is 14.4. The fraction of sp³-hybridized carbons (Fsp3) is 0.184. The van der Waals surface area contributed by atoms with Crippen LogP contribution in [-0.2, 0) is 25.7 Å². The van der Waals surface area contributed by atoms with Gasteiger partial charge in [0.05, 0.1) is 0 Å². The summed E-state index contributed by atoms with van der Waals surface area (Å²) in [5.41, 5.74) is 22.1. The van der Waals surface area contributed by atoms with Crippen LogP contribution in [0, 0.1) is 33.1 Å². The van der Waals surface area contributed by atoms with Crippen molar-refractivity contribution in [2.45, 2.75) is 53.4 Å². The highest BCUT2D eigenvalue weighted by Crippen LogP contribution is 2.52. The van der Waals surface area contributed by atoms with Crippen molar-refractivity contribution in [1.82, 2.24) is 0 Å². The summed E-state index contributed by atoms with van der Waals surface area (Å²) in [6.07, 6.45) is 9.03. The molecule has 0 bridgehead atoms. The van der Waals surface area contributed by atoms with Crippen LogP contribution in [0.15, 0.2) is 145 Å². The topological polar surface area (TPSA) is 0 Å². The van der Waals surface area contributed by atoms with Crippen LogP contribution >= 0.6 is 0 Å². The lowest BCUT2D eigenvalue weighted by molar-refractivity contribution is 0.414. The molecule has 2 aliphatic carbocycles. The van der Waals surface area contributed by atoms with Crippen LogP contribution in [-0.4, -0.2) is 0 Å². The zero-order valence-corrected chi connectivity index (χ0v) is 29.2. The van der Waals surface area contributed by atoms with E-state index in [9.17, 15) is 0 Å². The molecule has 8 rings (SSSR count). The predicted molar refractivity (Wildman–Crippen MR) is 209 cm³/mol. The fourth-order valence-electron chi connectivity index (χ4n) is 8.52. The van der Waals surface area contributed by atoms with E-state index < -0.39 is 0 Å². The normalized spacial score (nSPS) is 13.6. The third-order valence-electron chi connectivity index (χ3n) is 11.5. The highest BCUT2D eigenvalue weighted by atomic mass is 14.5. The molecule has 0 heterocycles. The molecule has 0 radical (unpaired) electrons. The lowest BCUT2D eigenvalue weighted by atomic mass is 9.65. The average molecular weight is 633 g/mol. The van der Waals surface area contributed by atoms with E-state index >= 15 is 0 Å². The van der Waals surface area contributed by atoms with Crippen molar-refractivity contribution < 1.29 is 0 Å². The summed E-state index contributed by atoms with van der Waals surface area (Å²) in [5.74, 6) is 0. The Bertz CT molecular complexity index is 2080. The van der Waals surface area contributed by atoms with Gasteiger partial charge >= 0.3 is 0 Å². The molecule has 0 saturated heterocycles. The minimum atomic E-state index is -0.196. The van der Waals surface area contributed by atoms with Crippen molar-refractivity contribution in [3.05, 3.63) is 200 Å². The average Bonchev–Trinajstić information content (AvgIpc) is 3.77. The molecule has 0 amide bonds. The molecule has 49 heavy (non-hydrogen) atoms. The molecule has 240 valence electrons. The van der Waals surface area contributed by atoms with Crippen LogP contribution in [0.3, 0.4) is 0 Å². The van der Waals surface area contributed by atoms with E-state index in [1.54, 1.807) is 0 Å². The molecule has 2 aliphatic rings. The molecule has 0 aliphatic heterocycles. The van der Waals surface area contributed by atoms with Gasteiger partial charge in [0.1, 0.15) is 0 Å². The van der Waals surface area contributed by atoms with Crippen LogP contribution in [0.5, 0.6) is 0 Å². The standard InChI is InChI=1S/C49H44/c1-33-15-11-23-43(35(33)3)45-25-13-21-39-27-41(29-47(39)45)49(31-37-17-7-5-8-18-37,32-38-19-9-6-10-20-38)42-28-40-22-14-26-46(48(40)30-42)44-24-12-16-34(2)36(44)4/h5-26,29-30H,27-28,31-32H2,1-4H3. The molecule has 0 N–H and O–H groups in total. The number of aryl methyl sites for hydroxylation is 2. The summed E-state index contributed by atoms with van der Waals surface area (Å²) in [4.78, 5) is 0. The Kier molecular flexibility index (Phi) is 8.04. The number of hydrogen-bond donors (Lipinski definition) is 0.